The first kappa shape index (κ1) is 18.3. The van der Waals surface area contributed by atoms with Gasteiger partial charge in [-0.15, -0.1) is 0 Å². The van der Waals surface area contributed by atoms with Crippen LogP contribution in [0.1, 0.15) is 86.0 Å². The van der Waals surface area contributed by atoms with Crippen LogP contribution in [0.3, 0.4) is 0 Å². The second-order valence-corrected chi connectivity index (χ2v) is 10.0. The highest BCUT2D eigenvalue weighted by atomic mass is 15.0. The lowest BCUT2D eigenvalue weighted by molar-refractivity contribution is 0.161. The molecule has 2 rings (SSSR count). The van der Waals surface area contributed by atoms with Crippen molar-refractivity contribution in [2.24, 2.45) is 16.7 Å². The van der Waals surface area contributed by atoms with Gasteiger partial charge in [-0.1, -0.05) is 41.0 Å². The molecule has 0 spiro atoms. The highest BCUT2D eigenvalue weighted by Gasteiger charge is 2.31. The van der Waals surface area contributed by atoms with Crippen LogP contribution in [0.15, 0.2) is 0 Å². The zero-order valence-electron chi connectivity index (χ0n) is 15.8. The Bertz CT molecular complexity index is 323. The SMILES string of the molecule is CC(C)(C)CC1CCCC(CC(C)(C)CC2CCNCC2)N1. The van der Waals surface area contributed by atoms with Crippen molar-refractivity contribution in [3.05, 3.63) is 0 Å². The molecule has 2 nitrogen and oxygen atoms in total. The lowest BCUT2D eigenvalue weighted by atomic mass is 9.74. The molecule has 22 heavy (non-hydrogen) atoms. The standard InChI is InChI=1S/C20H40N2/c1-19(2,3)14-17-7-6-8-18(22-17)15-20(4,5)13-16-9-11-21-12-10-16/h16-18,21-22H,6-15H2,1-5H3. The maximum Gasteiger partial charge on any atom is 0.00747 e. The number of piperidine rings is 2. The zero-order chi connectivity index (χ0) is 16.2. The topological polar surface area (TPSA) is 24.1 Å². The van der Waals surface area contributed by atoms with Gasteiger partial charge in [0, 0.05) is 12.1 Å². The van der Waals surface area contributed by atoms with Crippen molar-refractivity contribution < 1.29 is 0 Å². The Balaban J connectivity index is 1.80. The molecule has 0 aromatic carbocycles. The predicted octanol–water partition coefficient (Wildman–Crippen LogP) is 4.74. The molecule has 130 valence electrons. The third-order valence-corrected chi connectivity index (χ3v) is 5.53. The van der Waals surface area contributed by atoms with Crippen molar-refractivity contribution in [1.82, 2.24) is 10.6 Å². The van der Waals surface area contributed by atoms with Crippen LogP contribution >= 0.6 is 0 Å². The van der Waals surface area contributed by atoms with Crippen molar-refractivity contribution in [3.63, 3.8) is 0 Å². The fraction of sp³-hybridized carbons (Fsp3) is 1.00. The zero-order valence-corrected chi connectivity index (χ0v) is 15.8. The van der Waals surface area contributed by atoms with Crippen LogP contribution in [-0.2, 0) is 0 Å². The van der Waals surface area contributed by atoms with Gasteiger partial charge in [-0.25, -0.2) is 0 Å². The molecule has 0 aromatic heterocycles. The summed E-state index contributed by atoms with van der Waals surface area (Å²) in [5.74, 6) is 0.949. The van der Waals surface area contributed by atoms with Crippen molar-refractivity contribution in [2.45, 2.75) is 98.1 Å². The quantitative estimate of drug-likeness (QED) is 0.766. The van der Waals surface area contributed by atoms with Crippen LogP contribution in [0.25, 0.3) is 0 Å². The molecule has 0 aromatic rings. The van der Waals surface area contributed by atoms with Gasteiger partial charge in [0.2, 0.25) is 0 Å². The fourth-order valence-electron chi connectivity index (χ4n) is 4.79. The smallest absolute Gasteiger partial charge is 0.00747 e. The van der Waals surface area contributed by atoms with Crippen LogP contribution in [0.2, 0.25) is 0 Å². The van der Waals surface area contributed by atoms with Crippen molar-refractivity contribution in [2.75, 3.05) is 13.1 Å². The highest BCUT2D eigenvalue weighted by Crippen LogP contribution is 2.36. The summed E-state index contributed by atoms with van der Waals surface area (Å²) in [7, 11) is 0. The first-order valence-corrected chi connectivity index (χ1v) is 9.70. The second kappa shape index (κ2) is 7.66. The molecule has 2 unspecified atom stereocenters. The molecule has 2 heterocycles. The van der Waals surface area contributed by atoms with Crippen LogP contribution in [0.4, 0.5) is 0 Å². The Morgan fingerprint density at radius 2 is 1.36 bits per heavy atom. The monoisotopic (exact) mass is 308 g/mol. The van der Waals surface area contributed by atoms with Crippen LogP contribution < -0.4 is 10.6 Å². The minimum atomic E-state index is 0.449. The van der Waals surface area contributed by atoms with Gasteiger partial charge in [-0.3, -0.25) is 0 Å². The maximum atomic E-state index is 3.99. The van der Waals surface area contributed by atoms with Gasteiger partial charge in [0.1, 0.15) is 0 Å². The minimum absolute atomic E-state index is 0.449. The molecule has 2 heteroatoms. The second-order valence-electron chi connectivity index (χ2n) is 10.0. The molecule has 0 aliphatic carbocycles. The predicted molar refractivity (Wildman–Crippen MR) is 97.2 cm³/mol. The van der Waals surface area contributed by atoms with E-state index in [1.807, 2.05) is 0 Å². The van der Waals surface area contributed by atoms with E-state index in [1.165, 1.54) is 64.5 Å². The Morgan fingerprint density at radius 1 is 0.773 bits per heavy atom. The summed E-state index contributed by atoms with van der Waals surface area (Å²) >= 11 is 0. The Kier molecular flexibility index (Phi) is 6.36. The third-order valence-electron chi connectivity index (χ3n) is 5.53. The molecule has 2 atom stereocenters. The molecule has 2 saturated heterocycles. The molecule has 0 bridgehead atoms. The van der Waals surface area contributed by atoms with Gasteiger partial charge in [0.25, 0.3) is 0 Å². The largest absolute Gasteiger partial charge is 0.317 e. The van der Waals surface area contributed by atoms with Crippen LogP contribution in [0.5, 0.6) is 0 Å². The molecule has 2 N–H and O–H groups in total. The lowest BCUT2D eigenvalue weighted by Crippen LogP contribution is -2.46. The number of nitrogens with one attached hydrogen (secondary N) is 2. The summed E-state index contributed by atoms with van der Waals surface area (Å²) in [5, 5.41) is 7.49. The molecular weight excluding hydrogens is 268 g/mol. The molecular formula is C20H40N2. The summed E-state index contributed by atoms with van der Waals surface area (Å²) in [6.45, 7) is 14.6. The minimum Gasteiger partial charge on any atom is -0.317 e. The fourth-order valence-corrected chi connectivity index (χ4v) is 4.79. The summed E-state index contributed by atoms with van der Waals surface area (Å²) < 4.78 is 0. The molecule has 0 radical (unpaired) electrons. The molecule has 2 fully saturated rings. The van der Waals surface area contributed by atoms with Gasteiger partial charge in [0.05, 0.1) is 0 Å². The van der Waals surface area contributed by atoms with Gasteiger partial charge in [0.15, 0.2) is 0 Å². The van der Waals surface area contributed by atoms with Crippen molar-refractivity contribution >= 4 is 0 Å². The van der Waals surface area contributed by atoms with Crippen molar-refractivity contribution in [1.29, 1.82) is 0 Å². The normalized spacial score (nSPS) is 28.8. The van der Waals surface area contributed by atoms with E-state index < -0.39 is 0 Å². The number of hydrogen-bond acceptors (Lipinski definition) is 2. The van der Waals surface area contributed by atoms with Gasteiger partial charge in [-0.2, -0.15) is 0 Å². The Hall–Kier alpha value is -0.0800. The van der Waals surface area contributed by atoms with Crippen LogP contribution in [0, 0.1) is 16.7 Å². The maximum absolute atomic E-state index is 3.99. The summed E-state index contributed by atoms with van der Waals surface area (Å²) in [4.78, 5) is 0. The van der Waals surface area contributed by atoms with Crippen molar-refractivity contribution in [3.8, 4) is 0 Å². The third kappa shape index (κ3) is 6.58. The molecule has 0 amide bonds. The van der Waals surface area contributed by atoms with E-state index in [0.717, 1.165) is 18.0 Å². The van der Waals surface area contributed by atoms with Gasteiger partial charge >= 0.3 is 0 Å². The number of rotatable bonds is 5. The van der Waals surface area contributed by atoms with Gasteiger partial charge < -0.3 is 10.6 Å². The molecule has 0 saturated carbocycles. The van der Waals surface area contributed by atoms with E-state index in [1.54, 1.807) is 0 Å². The molecule has 2 aliphatic rings. The van der Waals surface area contributed by atoms with Crippen LogP contribution in [-0.4, -0.2) is 25.2 Å². The van der Waals surface area contributed by atoms with E-state index in [-0.39, 0.29) is 0 Å². The van der Waals surface area contributed by atoms with E-state index in [4.69, 9.17) is 0 Å². The highest BCUT2D eigenvalue weighted by molar-refractivity contribution is 4.88. The first-order chi connectivity index (χ1) is 10.2. The average molecular weight is 309 g/mol. The van der Waals surface area contributed by atoms with Gasteiger partial charge in [-0.05, 0) is 74.8 Å². The Labute approximate surface area is 139 Å². The summed E-state index contributed by atoms with van der Waals surface area (Å²) in [6.07, 6.45) is 11.0. The lowest BCUT2D eigenvalue weighted by Gasteiger charge is -2.40. The number of hydrogen-bond donors (Lipinski definition) is 2. The van der Waals surface area contributed by atoms with E-state index >= 15 is 0 Å². The first-order valence-electron chi connectivity index (χ1n) is 9.70. The van der Waals surface area contributed by atoms with E-state index in [9.17, 15) is 0 Å². The molecule has 2 aliphatic heterocycles. The Morgan fingerprint density at radius 3 is 1.95 bits per heavy atom. The summed E-state index contributed by atoms with van der Waals surface area (Å²) in [5.41, 5.74) is 0.938. The average Bonchev–Trinajstić information content (AvgIpc) is 2.36. The van der Waals surface area contributed by atoms with E-state index in [0.29, 0.717) is 10.8 Å². The summed E-state index contributed by atoms with van der Waals surface area (Å²) in [6, 6.07) is 1.49. The van der Waals surface area contributed by atoms with E-state index in [2.05, 4.69) is 45.3 Å².